The van der Waals surface area contributed by atoms with Crippen LogP contribution in [0, 0.1) is 5.82 Å². The van der Waals surface area contributed by atoms with Crippen molar-refractivity contribution in [3.05, 3.63) is 29.6 Å². The van der Waals surface area contributed by atoms with Crippen molar-refractivity contribution in [2.45, 2.75) is 31.3 Å². The second-order valence-electron chi connectivity index (χ2n) is 4.18. The largest absolute Gasteiger partial charge is 0.494 e. The van der Waals surface area contributed by atoms with Crippen molar-refractivity contribution < 1.29 is 14.2 Å². The molecular weight excluding hydrogens is 195 g/mol. The SMILES string of the molecule is COc1cc(C2(C(C)O)CC2)ccc1F. The predicted octanol–water partition coefficient (Wildman–Crippen LogP) is 2.25. The quantitative estimate of drug-likeness (QED) is 0.829. The summed E-state index contributed by atoms with van der Waals surface area (Å²) in [6, 6.07) is 4.82. The third kappa shape index (κ3) is 1.61. The van der Waals surface area contributed by atoms with Crippen molar-refractivity contribution >= 4 is 0 Å². The fourth-order valence-electron chi connectivity index (χ4n) is 2.05. The molecule has 0 amide bonds. The van der Waals surface area contributed by atoms with E-state index < -0.39 is 6.10 Å². The van der Waals surface area contributed by atoms with Crippen LogP contribution in [-0.2, 0) is 5.41 Å². The average molecular weight is 210 g/mol. The Labute approximate surface area is 88.7 Å². The molecule has 1 atom stereocenters. The molecule has 2 nitrogen and oxygen atoms in total. The van der Waals surface area contributed by atoms with Crippen LogP contribution >= 0.6 is 0 Å². The first-order chi connectivity index (χ1) is 7.10. The molecule has 1 saturated carbocycles. The minimum Gasteiger partial charge on any atom is -0.494 e. The molecule has 0 aromatic heterocycles. The Morgan fingerprint density at radius 3 is 2.60 bits per heavy atom. The number of methoxy groups -OCH3 is 1. The van der Waals surface area contributed by atoms with E-state index in [9.17, 15) is 9.50 Å². The molecule has 0 heterocycles. The predicted molar refractivity (Wildman–Crippen MR) is 55.5 cm³/mol. The molecule has 1 N–H and O–H groups in total. The second kappa shape index (κ2) is 3.49. The van der Waals surface area contributed by atoms with Crippen LogP contribution in [0.15, 0.2) is 18.2 Å². The Balaban J connectivity index is 2.38. The van der Waals surface area contributed by atoms with Gasteiger partial charge in [0.15, 0.2) is 11.6 Å². The number of benzene rings is 1. The Morgan fingerprint density at radius 2 is 2.13 bits per heavy atom. The van der Waals surface area contributed by atoms with Gasteiger partial charge in [0.1, 0.15) is 0 Å². The highest BCUT2D eigenvalue weighted by molar-refractivity contribution is 5.39. The number of rotatable bonds is 3. The van der Waals surface area contributed by atoms with Crippen molar-refractivity contribution in [3.8, 4) is 5.75 Å². The van der Waals surface area contributed by atoms with Gasteiger partial charge in [0.25, 0.3) is 0 Å². The summed E-state index contributed by atoms with van der Waals surface area (Å²) in [6.07, 6.45) is 1.52. The van der Waals surface area contributed by atoms with Crippen LogP contribution in [0.25, 0.3) is 0 Å². The van der Waals surface area contributed by atoms with E-state index in [1.165, 1.54) is 13.2 Å². The maximum Gasteiger partial charge on any atom is 0.165 e. The number of aliphatic hydroxyl groups is 1. The minimum atomic E-state index is -0.396. The van der Waals surface area contributed by atoms with E-state index in [0.717, 1.165) is 18.4 Å². The van der Waals surface area contributed by atoms with Crippen LogP contribution in [0.2, 0.25) is 0 Å². The normalized spacial score (nSPS) is 19.7. The van der Waals surface area contributed by atoms with Gasteiger partial charge in [-0.15, -0.1) is 0 Å². The van der Waals surface area contributed by atoms with Gasteiger partial charge in [-0.25, -0.2) is 4.39 Å². The topological polar surface area (TPSA) is 29.5 Å². The molecule has 1 unspecified atom stereocenters. The highest BCUT2D eigenvalue weighted by Crippen LogP contribution is 2.51. The van der Waals surface area contributed by atoms with Crippen LogP contribution in [0.3, 0.4) is 0 Å². The van der Waals surface area contributed by atoms with Gasteiger partial charge in [-0.1, -0.05) is 6.07 Å². The van der Waals surface area contributed by atoms with Gasteiger partial charge < -0.3 is 9.84 Å². The summed E-state index contributed by atoms with van der Waals surface area (Å²) >= 11 is 0. The number of aliphatic hydroxyl groups excluding tert-OH is 1. The summed E-state index contributed by atoms with van der Waals surface area (Å²) in [5.41, 5.74) is 0.803. The first-order valence-electron chi connectivity index (χ1n) is 5.12. The summed E-state index contributed by atoms with van der Waals surface area (Å²) in [6.45, 7) is 1.78. The van der Waals surface area contributed by atoms with Crippen LogP contribution in [0.4, 0.5) is 4.39 Å². The number of halogens is 1. The molecule has 1 aromatic rings. The van der Waals surface area contributed by atoms with Crippen LogP contribution < -0.4 is 4.74 Å². The molecule has 1 aromatic carbocycles. The maximum absolute atomic E-state index is 13.2. The van der Waals surface area contributed by atoms with Crippen LogP contribution in [-0.4, -0.2) is 18.3 Å². The summed E-state index contributed by atoms with van der Waals surface area (Å²) in [5, 5.41) is 9.69. The van der Waals surface area contributed by atoms with Crippen molar-refractivity contribution in [1.29, 1.82) is 0 Å². The van der Waals surface area contributed by atoms with Gasteiger partial charge in [0.2, 0.25) is 0 Å². The fraction of sp³-hybridized carbons (Fsp3) is 0.500. The number of ether oxygens (including phenoxy) is 1. The smallest absolute Gasteiger partial charge is 0.165 e. The van der Waals surface area contributed by atoms with Gasteiger partial charge >= 0.3 is 0 Å². The molecule has 0 aliphatic heterocycles. The molecule has 0 saturated heterocycles. The molecule has 0 radical (unpaired) electrons. The lowest BCUT2D eigenvalue weighted by molar-refractivity contribution is 0.150. The highest BCUT2D eigenvalue weighted by Gasteiger charge is 2.48. The summed E-state index contributed by atoms with van der Waals surface area (Å²) in [5.74, 6) is -0.109. The first-order valence-corrected chi connectivity index (χ1v) is 5.12. The standard InChI is InChI=1S/C12H15FO2/c1-8(14)12(5-6-12)9-3-4-10(13)11(7-9)15-2/h3-4,7-8,14H,5-6H2,1-2H3. The highest BCUT2D eigenvalue weighted by atomic mass is 19.1. The molecular formula is C12H15FO2. The van der Waals surface area contributed by atoms with E-state index in [4.69, 9.17) is 4.74 Å². The molecule has 3 heteroatoms. The third-order valence-electron chi connectivity index (χ3n) is 3.31. The molecule has 0 spiro atoms. The molecule has 82 valence electrons. The molecule has 15 heavy (non-hydrogen) atoms. The lowest BCUT2D eigenvalue weighted by atomic mass is 9.91. The van der Waals surface area contributed by atoms with E-state index >= 15 is 0 Å². The summed E-state index contributed by atoms with van der Waals surface area (Å²) < 4.78 is 18.1. The summed E-state index contributed by atoms with van der Waals surface area (Å²) in [4.78, 5) is 0. The number of hydrogen-bond acceptors (Lipinski definition) is 2. The Hall–Kier alpha value is -1.09. The fourth-order valence-corrected chi connectivity index (χ4v) is 2.05. The molecule has 1 aliphatic carbocycles. The third-order valence-corrected chi connectivity index (χ3v) is 3.31. The lowest BCUT2D eigenvalue weighted by Crippen LogP contribution is -2.22. The zero-order valence-corrected chi connectivity index (χ0v) is 8.96. The van der Waals surface area contributed by atoms with Gasteiger partial charge in [0.05, 0.1) is 13.2 Å². The summed E-state index contributed by atoms with van der Waals surface area (Å²) in [7, 11) is 1.45. The molecule has 2 rings (SSSR count). The average Bonchev–Trinajstić information content (AvgIpc) is 2.99. The van der Waals surface area contributed by atoms with E-state index in [0.29, 0.717) is 0 Å². The zero-order valence-electron chi connectivity index (χ0n) is 8.96. The number of hydrogen-bond donors (Lipinski definition) is 1. The van der Waals surface area contributed by atoms with E-state index in [2.05, 4.69) is 0 Å². The van der Waals surface area contributed by atoms with Gasteiger partial charge in [-0.3, -0.25) is 0 Å². The van der Waals surface area contributed by atoms with Crippen LogP contribution in [0.5, 0.6) is 5.75 Å². The van der Waals surface area contributed by atoms with Crippen LogP contribution in [0.1, 0.15) is 25.3 Å². The molecule has 1 aliphatic rings. The maximum atomic E-state index is 13.2. The Morgan fingerprint density at radius 1 is 1.47 bits per heavy atom. The van der Waals surface area contributed by atoms with Gasteiger partial charge in [-0.2, -0.15) is 0 Å². The van der Waals surface area contributed by atoms with Gasteiger partial charge in [0, 0.05) is 5.41 Å². The Kier molecular flexibility index (Phi) is 2.43. The lowest BCUT2D eigenvalue weighted by Gasteiger charge is -2.19. The van der Waals surface area contributed by atoms with Crippen molar-refractivity contribution in [1.82, 2.24) is 0 Å². The van der Waals surface area contributed by atoms with Crippen molar-refractivity contribution in [2.24, 2.45) is 0 Å². The molecule has 0 bridgehead atoms. The van der Waals surface area contributed by atoms with Gasteiger partial charge in [-0.05, 0) is 37.5 Å². The van der Waals surface area contributed by atoms with Crippen molar-refractivity contribution in [3.63, 3.8) is 0 Å². The molecule has 1 fully saturated rings. The monoisotopic (exact) mass is 210 g/mol. The van der Waals surface area contributed by atoms with E-state index in [-0.39, 0.29) is 17.0 Å². The Bertz CT molecular complexity index is 370. The van der Waals surface area contributed by atoms with E-state index in [1.807, 2.05) is 0 Å². The first kappa shape index (κ1) is 10.4. The zero-order chi connectivity index (χ0) is 11.1. The second-order valence-corrected chi connectivity index (χ2v) is 4.18. The minimum absolute atomic E-state index is 0.166. The van der Waals surface area contributed by atoms with E-state index in [1.54, 1.807) is 19.1 Å². The van der Waals surface area contributed by atoms with Crippen molar-refractivity contribution in [2.75, 3.05) is 7.11 Å².